The fourth-order valence-corrected chi connectivity index (χ4v) is 0.789. The summed E-state index contributed by atoms with van der Waals surface area (Å²) in [6.45, 7) is 2.68. The highest BCUT2D eigenvalue weighted by Gasteiger charge is 2.26. The molecule has 0 aliphatic rings. The molecule has 0 aromatic heterocycles. The van der Waals surface area contributed by atoms with Gasteiger partial charge in [0.15, 0.2) is 0 Å². The second-order valence-electron chi connectivity index (χ2n) is 2.77. The van der Waals surface area contributed by atoms with Crippen molar-refractivity contribution in [3.63, 3.8) is 0 Å². The molecule has 0 unspecified atom stereocenters. The average Bonchev–Trinajstić information content (AvgIpc) is 2.01. The molecule has 0 heterocycles. The highest BCUT2D eigenvalue weighted by atomic mass is 19.4. The van der Waals surface area contributed by atoms with Crippen molar-refractivity contribution in [3.05, 3.63) is 0 Å². The van der Waals surface area contributed by atoms with Gasteiger partial charge in [-0.3, -0.25) is 0 Å². The third kappa shape index (κ3) is 11.7. The molecule has 1 N–H and O–H groups in total. The first kappa shape index (κ1) is 12.7. The maximum Gasteiger partial charge on any atom is 0.411 e. The predicted molar refractivity (Wildman–Crippen MR) is 44.7 cm³/mol. The summed E-state index contributed by atoms with van der Waals surface area (Å²) in [6.07, 6.45) is -2.55. The summed E-state index contributed by atoms with van der Waals surface area (Å²) in [7, 11) is 0. The molecule has 0 radical (unpaired) electrons. The van der Waals surface area contributed by atoms with Crippen molar-refractivity contribution in [2.45, 2.75) is 25.9 Å². The summed E-state index contributed by atoms with van der Waals surface area (Å²) in [4.78, 5) is 0. The Morgan fingerprint density at radius 3 is 2.46 bits per heavy atom. The van der Waals surface area contributed by atoms with Gasteiger partial charge < -0.3 is 10.1 Å². The molecule has 0 amide bonds. The van der Waals surface area contributed by atoms with Crippen molar-refractivity contribution in [3.8, 4) is 0 Å². The second kappa shape index (κ2) is 7.15. The molecule has 2 nitrogen and oxygen atoms in total. The number of nitrogens with one attached hydrogen (secondary N) is 1. The smallest absolute Gasteiger partial charge is 0.372 e. The van der Waals surface area contributed by atoms with Gasteiger partial charge in [0.2, 0.25) is 0 Å². The molecule has 0 saturated carbocycles. The van der Waals surface area contributed by atoms with E-state index in [9.17, 15) is 13.2 Å². The molecule has 0 aromatic rings. The maximum absolute atomic E-state index is 11.5. The molecule has 0 bridgehead atoms. The molecule has 0 spiro atoms. The van der Waals surface area contributed by atoms with Crippen LogP contribution in [0.2, 0.25) is 0 Å². The van der Waals surface area contributed by atoms with Gasteiger partial charge in [-0.25, -0.2) is 0 Å². The molecule has 0 aromatic carbocycles. The lowest BCUT2D eigenvalue weighted by Gasteiger charge is -2.07. The Morgan fingerprint density at radius 1 is 1.23 bits per heavy atom. The van der Waals surface area contributed by atoms with E-state index < -0.39 is 12.8 Å². The Labute approximate surface area is 76.5 Å². The van der Waals surface area contributed by atoms with E-state index in [2.05, 4.69) is 10.1 Å². The van der Waals surface area contributed by atoms with Gasteiger partial charge in [-0.15, -0.1) is 0 Å². The fraction of sp³-hybridized carbons (Fsp3) is 1.00. The van der Waals surface area contributed by atoms with Crippen LogP contribution < -0.4 is 5.32 Å². The molecular formula is C8H16F3NO. The zero-order valence-corrected chi connectivity index (χ0v) is 7.78. The van der Waals surface area contributed by atoms with E-state index in [-0.39, 0.29) is 6.61 Å². The summed E-state index contributed by atoms with van der Waals surface area (Å²) in [5.41, 5.74) is 0. The summed E-state index contributed by atoms with van der Waals surface area (Å²) in [5, 5.41) is 3.07. The third-order valence-electron chi connectivity index (χ3n) is 1.33. The second-order valence-corrected chi connectivity index (χ2v) is 2.77. The van der Waals surface area contributed by atoms with Crippen LogP contribution in [-0.4, -0.2) is 32.5 Å². The quantitative estimate of drug-likeness (QED) is 0.633. The topological polar surface area (TPSA) is 21.3 Å². The molecule has 0 rings (SSSR count). The highest BCUT2D eigenvalue weighted by molar-refractivity contribution is 4.48. The summed E-state index contributed by atoms with van der Waals surface area (Å²) >= 11 is 0. The van der Waals surface area contributed by atoms with Crippen LogP contribution in [0.3, 0.4) is 0 Å². The van der Waals surface area contributed by atoms with Crippen molar-refractivity contribution < 1.29 is 17.9 Å². The minimum Gasteiger partial charge on any atom is -0.372 e. The van der Waals surface area contributed by atoms with Gasteiger partial charge in [0, 0.05) is 6.61 Å². The zero-order chi connectivity index (χ0) is 10.2. The standard InChI is InChI=1S/C8H16F3NO/c1-2-4-12-5-3-6-13-7-8(9,10)11/h12H,2-7H2,1H3. The summed E-state index contributed by atoms with van der Waals surface area (Å²) < 4.78 is 39.0. The number of hydrogen-bond acceptors (Lipinski definition) is 2. The summed E-state index contributed by atoms with van der Waals surface area (Å²) in [6, 6.07) is 0. The first-order chi connectivity index (χ1) is 6.06. The first-order valence-corrected chi connectivity index (χ1v) is 4.41. The van der Waals surface area contributed by atoms with Crippen LogP contribution in [0.15, 0.2) is 0 Å². The number of rotatable bonds is 7. The van der Waals surface area contributed by atoms with Crippen LogP contribution in [0.25, 0.3) is 0 Å². The molecule has 0 saturated heterocycles. The Bertz CT molecular complexity index is 116. The number of alkyl halides is 3. The monoisotopic (exact) mass is 199 g/mol. The molecule has 5 heteroatoms. The first-order valence-electron chi connectivity index (χ1n) is 4.41. The molecule has 13 heavy (non-hydrogen) atoms. The van der Waals surface area contributed by atoms with Crippen molar-refractivity contribution in [1.29, 1.82) is 0 Å². The van der Waals surface area contributed by atoms with Crippen molar-refractivity contribution in [2.75, 3.05) is 26.3 Å². The van der Waals surface area contributed by atoms with E-state index in [1.807, 2.05) is 6.92 Å². The molecular weight excluding hydrogens is 183 g/mol. The van der Waals surface area contributed by atoms with Gasteiger partial charge in [-0.2, -0.15) is 13.2 Å². The van der Waals surface area contributed by atoms with E-state index in [4.69, 9.17) is 0 Å². The van der Waals surface area contributed by atoms with E-state index in [1.165, 1.54) is 0 Å². The molecule has 0 atom stereocenters. The zero-order valence-electron chi connectivity index (χ0n) is 7.78. The van der Waals surface area contributed by atoms with Crippen molar-refractivity contribution in [2.24, 2.45) is 0 Å². The van der Waals surface area contributed by atoms with Crippen LogP contribution in [0, 0.1) is 0 Å². The van der Waals surface area contributed by atoms with Crippen LogP contribution in [-0.2, 0) is 4.74 Å². The molecule has 0 aliphatic heterocycles. The van der Waals surface area contributed by atoms with E-state index in [0.29, 0.717) is 13.0 Å². The SMILES string of the molecule is CCCNCCCOCC(F)(F)F. The number of halogens is 3. The van der Waals surface area contributed by atoms with Gasteiger partial charge in [-0.05, 0) is 25.9 Å². The van der Waals surface area contributed by atoms with Gasteiger partial charge in [-0.1, -0.05) is 6.92 Å². The number of ether oxygens (including phenoxy) is 1. The molecule has 80 valence electrons. The van der Waals surface area contributed by atoms with Crippen molar-refractivity contribution in [1.82, 2.24) is 5.32 Å². The highest BCUT2D eigenvalue weighted by Crippen LogP contribution is 2.14. The van der Waals surface area contributed by atoms with Gasteiger partial charge in [0.1, 0.15) is 6.61 Å². The van der Waals surface area contributed by atoms with E-state index in [1.54, 1.807) is 0 Å². The molecule has 0 aliphatic carbocycles. The fourth-order valence-electron chi connectivity index (χ4n) is 0.789. The van der Waals surface area contributed by atoms with Gasteiger partial charge in [0.05, 0.1) is 0 Å². The number of hydrogen-bond donors (Lipinski definition) is 1. The third-order valence-corrected chi connectivity index (χ3v) is 1.33. The van der Waals surface area contributed by atoms with Crippen molar-refractivity contribution >= 4 is 0 Å². The molecule has 0 fully saturated rings. The predicted octanol–water partition coefficient (Wildman–Crippen LogP) is 1.96. The normalized spacial score (nSPS) is 12.0. The Kier molecular flexibility index (Phi) is 6.99. The minimum absolute atomic E-state index is 0.163. The van der Waals surface area contributed by atoms with Gasteiger partial charge >= 0.3 is 6.18 Å². The van der Waals surface area contributed by atoms with E-state index in [0.717, 1.165) is 13.0 Å². The Morgan fingerprint density at radius 2 is 1.92 bits per heavy atom. The minimum atomic E-state index is -4.20. The Balaban J connectivity index is 3.00. The lowest BCUT2D eigenvalue weighted by molar-refractivity contribution is -0.173. The Hall–Kier alpha value is -0.290. The van der Waals surface area contributed by atoms with Crippen LogP contribution >= 0.6 is 0 Å². The summed E-state index contributed by atoms with van der Waals surface area (Å²) in [5.74, 6) is 0. The van der Waals surface area contributed by atoms with Crippen LogP contribution in [0.1, 0.15) is 19.8 Å². The lowest BCUT2D eigenvalue weighted by Crippen LogP contribution is -2.20. The van der Waals surface area contributed by atoms with Crippen LogP contribution in [0.5, 0.6) is 0 Å². The maximum atomic E-state index is 11.5. The van der Waals surface area contributed by atoms with E-state index >= 15 is 0 Å². The van der Waals surface area contributed by atoms with Gasteiger partial charge in [0.25, 0.3) is 0 Å². The van der Waals surface area contributed by atoms with Crippen LogP contribution in [0.4, 0.5) is 13.2 Å². The average molecular weight is 199 g/mol. The lowest BCUT2D eigenvalue weighted by atomic mass is 10.4. The largest absolute Gasteiger partial charge is 0.411 e.